The molecule has 1 rings (SSSR count). The van der Waals surface area contributed by atoms with E-state index in [0.29, 0.717) is 30.3 Å². The lowest BCUT2D eigenvalue weighted by molar-refractivity contribution is -0.138. The van der Waals surface area contributed by atoms with Crippen LogP contribution in [0.3, 0.4) is 0 Å². The van der Waals surface area contributed by atoms with Crippen LogP contribution in [0, 0.1) is 0 Å². The van der Waals surface area contributed by atoms with Crippen LogP contribution in [0.2, 0.25) is 0 Å². The fourth-order valence-electron chi connectivity index (χ4n) is 1.48. The summed E-state index contributed by atoms with van der Waals surface area (Å²) in [5.74, 6) is -0.171. The van der Waals surface area contributed by atoms with Gasteiger partial charge in [-0.1, -0.05) is 12.1 Å². The Balaban J connectivity index is 3.18. The molecule has 0 spiro atoms. The first-order chi connectivity index (χ1) is 8.11. The molecule has 0 amide bonds. The number of ether oxygens (including phenoxy) is 2. The molecule has 0 saturated heterocycles. The van der Waals surface area contributed by atoms with E-state index in [-0.39, 0.29) is 0 Å². The fourth-order valence-corrected chi connectivity index (χ4v) is 1.48. The third-order valence-corrected chi connectivity index (χ3v) is 2.20. The zero-order valence-corrected chi connectivity index (χ0v) is 9.97. The van der Waals surface area contributed by atoms with Gasteiger partial charge in [0.05, 0.1) is 13.2 Å². The molecule has 0 aliphatic heterocycles. The molecule has 0 unspecified atom stereocenters. The van der Waals surface area contributed by atoms with E-state index in [1.54, 1.807) is 18.2 Å². The molecule has 1 aromatic carbocycles. The van der Waals surface area contributed by atoms with Gasteiger partial charge in [-0.05, 0) is 19.9 Å². The minimum Gasteiger partial charge on any atom is -0.490 e. The van der Waals surface area contributed by atoms with Crippen LogP contribution in [0.4, 0.5) is 0 Å². The summed E-state index contributed by atoms with van der Waals surface area (Å²) in [6.45, 7) is 4.56. The number of nitrogens with two attached hydrogens (primary N) is 1. The summed E-state index contributed by atoms with van der Waals surface area (Å²) in [7, 11) is 0. The molecule has 3 N–H and O–H groups in total. The van der Waals surface area contributed by atoms with Crippen molar-refractivity contribution in [1.29, 1.82) is 0 Å². The molecule has 5 nitrogen and oxygen atoms in total. The summed E-state index contributed by atoms with van der Waals surface area (Å²) < 4.78 is 10.8. The minimum atomic E-state index is -1.11. The summed E-state index contributed by atoms with van der Waals surface area (Å²) in [6, 6.07) is 3.95. The highest BCUT2D eigenvalue weighted by Gasteiger charge is 2.21. The Labute approximate surface area is 100 Å². The summed E-state index contributed by atoms with van der Waals surface area (Å²) in [5.41, 5.74) is 6.02. The van der Waals surface area contributed by atoms with E-state index in [9.17, 15) is 4.79 Å². The van der Waals surface area contributed by atoms with Crippen LogP contribution in [-0.2, 0) is 4.79 Å². The fraction of sp³-hybridized carbons (Fsp3) is 0.417. The maximum atomic E-state index is 10.9. The van der Waals surface area contributed by atoms with Crippen LogP contribution >= 0.6 is 0 Å². The van der Waals surface area contributed by atoms with Crippen molar-refractivity contribution < 1.29 is 19.4 Å². The zero-order valence-electron chi connectivity index (χ0n) is 9.97. The van der Waals surface area contributed by atoms with Gasteiger partial charge in [-0.15, -0.1) is 0 Å². The Bertz CT molecular complexity index is 392. The van der Waals surface area contributed by atoms with Gasteiger partial charge in [-0.2, -0.15) is 0 Å². The number of carbonyl (C=O) groups is 1. The Hall–Kier alpha value is -1.75. The third kappa shape index (κ3) is 3.10. The van der Waals surface area contributed by atoms with Gasteiger partial charge in [0, 0.05) is 5.56 Å². The van der Waals surface area contributed by atoms with Crippen molar-refractivity contribution in [2.75, 3.05) is 13.2 Å². The van der Waals surface area contributed by atoms with Crippen LogP contribution < -0.4 is 15.2 Å². The van der Waals surface area contributed by atoms with E-state index in [1.165, 1.54) is 0 Å². The monoisotopic (exact) mass is 239 g/mol. The molecule has 5 heteroatoms. The molecule has 0 saturated carbocycles. The normalized spacial score (nSPS) is 11.9. The number of aliphatic carboxylic acids is 1. The van der Waals surface area contributed by atoms with E-state index in [0.717, 1.165) is 0 Å². The smallest absolute Gasteiger partial charge is 0.325 e. The van der Waals surface area contributed by atoms with Crippen molar-refractivity contribution in [3.8, 4) is 11.5 Å². The lowest BCUT2D eigenvalue weighted by Crippen LogP contribution is -2.21. The first-order valence-electron chi connectivity index (χ1n) is 5.48. The molecular weight excluding hydrogens is 222 g/mol. The van der Waals surface area contributed by atoms with Gasteiger partial charge >= 0.3 is 5.97 Å². The van der Waals surface area contributed by atoms with E-state index in [1.807, 2.05) is 13.8 Å². The highest BCUT2D eigenvalue weighted by atomic mass is 16.5. The first-order valence-corrected chi connectivity index (χ1v) is 5.48. The van der Waals surface area contributed by atoms with Crippen molar-refractivity contribution in [1.82, 2.24) is 0 Å². The van der Waals surface area contributed by atoms with Gasteiger partial charge in [0.2, 0.25) is 0 Å². The molecule has 0 bridgehead atoms. The standard InChI is InChI=1S/C12H17NO4/c1-3-16-9-7-5-6-8(10(13)12(14)15)11(9)17-4-2/h5-7,10H,3-4,13H2,1-2H3,(H,14,15)/t10-/m0/s1. The molecule has 17 heavy (non-hydrogen) atoms. The highest BCUT2D eigenvalue weighted by molar-refractivity contribution is 5.77. The number of hydrogen-bond acceptors (Lipinski definition) is 4. The van der Waals surface area contributed by atoms with Gasteiger partial charge in [0.15, 0.2) is 11.5 Å². The van der Waals surface area contributed by atoms with Crippen molar-refractivity contribution in [3.05, 3.63) is 23.8 Å². The molecule has 0 aliphatic rings. The maximum absolute atomic E-state index is 10.9. The van der Waals surface area contributed by atoms with E-state index in [2.05, 4.69) is 0 Å². The molecule has 0 fully saturated rings. The van der Waals surface area contributed by atoms with Crippen LogP contribution in [0.25, 0.3) is 0 Å². The van der Waals surface area contributed by atoms with Crippen molar-refractivity contribution >= 4 is 5.97 Å². The Morgan fingerprint density at radius 3 is 2.53 bits per heavy atom. The van der Waals surface area contributed by atoms with Gasteiger partial charge in [0.25, 0.3) is 0 Å². The van der Waals surface area contributed by atoms with Gasteiger partial charge in [-0.25, -0.2) is 0 Å². The topological polar surface area (TPSA) is 81.8 Å². The number of hydrogen-bond donors (Lipinski definition) is 2. The van der Waals surface area contributed by atoms with Crippen LogP contribution in [0.15, 0.2) is 18.2 Å². The quantitative estimate of drug-likeness (QED) is 0.787. The third-order valence-electron chi connectivity index (χ3n) is 2.20. The average molecular weight is 239 g/mol. The first kappa shape index (κ1) is 13.3. The molecule has 0 heterocycles. The molecule has 0 radical (unpaired) electrons. The molecule has 1 atom stereocenters. The van der Waals surface area contributed by atoms with Gasteiger partial charge < -0.3 is 20.3 Å². The maximum Gasteiger partial charge on any atom is 0.325 e. The lowest BCUT2D eigenvalue weighted by Gasteiger charge is -2.17. The predicted octanol–water partition coefficient (Wildman–Crippen LogP) is 1.57. The second-order valence-corrected chi connectivity index (χ2v) is 3.36. The molecular formula is C12H17NO4. The van der Waals surface area contributed by atoms with E-state index < -0.39 is 12.0 Å². The van der Waals surface area contributed by atoms with Gasteiger partial charge in [0.1, 0.15) is 6.04 Å². The van der Waals surface area contributed by atoms with E-state index in [4.69, 9.17) is 20.3 Å². The SMILES string of the molecule is CCOc1cccc([C@H](N)C(=O)O)c1OCC. The second kappa shape index (κ2) is 6.10. The van der Waals surface area contributed by atoms with Crippen molar-refractivity contribution in [2.24, 2.45) is 5.73 Å². The largest absolute Gasteiger partial charge is 0.490 e. The van der Waals surface area contributed by atoms with E-state index >= 15 is 0 Å². The van der Waals surface area contributed by atoms with Crippen molar-refractivity contribution in [3.63, 3.8) is 0 Å². The predicted molar refractivity (Wildman–Crippen MR) is 63.3 cm³/mol. The number of rotatable bonds is 6. The Kier molecular flexibility index (Phi) is 4.78. The molecule has 94 valence electrons. The molecule has 0 aliphatic carbocycles. The van der Waals surface area contributed by atoms with Crippen LogP contribution in [0.1, 0.15) is 25.5 Å². The summed E-state index contributed by atoms with van der Waals surface area (Å²) >= 11 is 0. The second-order valence-electron chi connectivity index (χ2n) is 3.36. The minimum absolute atomic E-state index is 0.409. The summed E-state index contributed by atoms with van der Waals surface area (Å²) in [6.07, 6.45) is 0. The molecule has 0 aromatic heterocycles. The van der Waals surface area contributed by atoms with Crippen LogP contribution in [-0.4, -0.2) is 24.3 Å². The Morgan fingerprint density at radius 1 is 1.35 bits per heavy atom. The lowest BCUT2D eigenvalue weighted by atomic mass is 10.1. The van der Waals surface area contributed by atoms with Crippen molar-refractivity contribution in [2.45, 2.75) is 19.9 Å². The number of benzene rings is 1. The van der Waals surface area contributed by atoms with Crippen LogP contribution in [0.5, 0.6) is 11.5 Å². The highest BCUT2D eigenvalue weighted by Crippen LogP contribution is 2.34. The summed E-state index contributed by atoms with van der Waals surface area (Å²) in [5, 5.41) is 8.93. The zero-order chi connectivity index (χ0) is 12.8. The average Bonchev–Trinajstić information content (AvgIpc) is 2.31. The Morgan fingerprint density at radius 2 is 2.00 bits per heavy atom. The summed E-state index contributed by atoms with van der Waals surface area (Å²) in [4.78, 5) is 10.9. The number of carboxylic acids is 1. The van der Waals surface area contributed by atoms with Gasteiger partial charge in [-0.3, -0.25) is 4.79 Å². The number of para-hydroxylation sites is 1. The molecule has 1 aromatic rings. The number of carboxylic acid groups (broad SMARTS) is 1.